The molecule has 0 aliphatic rings. The van der Waals surface area contributed by atoms with Gasteiger partial charge in [0.25, 0.3) is 0 Å². The van der Waals surface area contributed by atoms with Crippen LogP contribution in [0.5, 0.6) is 0 Å². The van der Waals surface area contributed by atoms with Gasteiger partial charge in [-0.25, -0.2) is 0 Å². The van der Waals surface area contributed by atoms with E-state index < -0.39 is 0 Å². The van der Waals surface area contributed by atoms with Gasteiger partial charge in [0.2, 0.25) is 0 Å². The molecule has 0 radical (unpaired) electrons. The van der Waals surface area contributed by atoms with E-state index in [0.29, 0.717) is 13.0 Å². The Morgan fingerprint density at radius 1 is 1.14 bits per heavy atom. The zero-order valence-electron chi connectivity index (χ0n) is 10.2. The Kier molecular flexibility index (Phi) is 4.59. The first-order chi connectivity index (χ1) is 6.10. The van der Waals surface area contributed by atoms with Gasteiger partial charge in [-0.3, -0.25) is 4.79 Å². The van der Waals surface area contributed by atoms with Gasteiger partial charge in [0.1, 0.15) is 5.60 Å². The van der Waals surface area contributed by atoms with Gasteiger partial charge < -0.3 is 10.1 Å². The average molecular weight is 201 g/mol. The normalized spacial score (nSPS) is 12.7. The molecule has 14 heavy (non-hydrogen) atoms. The SMILES string of the molecule is CC(C)(C)NCCC(=O)OC(C)(C)C. The van der Waals surface area contributed by atoms with E-state index in [-0.39, 0.29) is 17.1 Å². The molecular formula is C11H23NO2. The van der Waals surface area contributed by atoms with Crippen LogP contribution < -0.4 is 5.32 Å². The second-order valence-corrected chi connectivity index (χ2v) is 5.51. The molecule has 0 bridgehead atoms. The quantitative estimate of drug-likeness (QED) is 0.711. The summed E-state index contributed by atoms with van der Waals surface area (Å²) in [4.78, 5) is 11.3. The zero-order chi connectivity index (χ0) is 11.4. The Balaban J connectivity index is 3.66. The predicted molar refractivity (Wildman–Crippen MR) is 58.2 cm³/mol. The van der Waals surface area contributed by atoms with E-state index >= 15 is 0 Å². The number of hydrogen-bond donors (Lipinski definition) is 1. The lowest BCUT2D eigenvalue weighted by molar-refractivity contribution is -0.154. The summed E-state index contributed by atoms with van der Waals surface area (Å²) in [6.07, 6.45) is 0.425. The van der Waals surface area contributed by atoms with Crippen molar-refractivity contribution < 1.29 is 9.53 Å². The van der Waals surface area contributed by atoms with Gasteiger partial charge in [-0.15, -0.1) is 0 Å². The number of ether oxygens (including phenoxy) is 1. The van der Waals surface area contributed by atoms with Crippen LogP contribution in [0, 0.1) is 0 Å². The maximum absolute atomic E-state index is 11.3. The Morgan fingerprint density at radius 2 is 1.64 bits per heavy atom. The topological polar surface area (TPSA) is 38.3 Å². The molecule has 0 atom stereocenters. The molecule has 0 spiro atoms. The molecule has 0 fully saturated rings. The fourth-order valence-electron chi connectivity index (χ4n) is 0.932. The highest BCUT2D eigenvalue weighted by molar-refractivity contribution is 5.70. The molecule has 0 saturated carbocycles. The summed E-state index contributed by atoms with van der Waals surface area (Å²) >= 11 is 0. The lowest BCUT2D eigenvalue weighted by atomic mass is 10.1. The van der Waals surface area contributed by atoms with Crippen molar-refractivity contribution in [3.63, 3.8) is 0 Å². The highest BCUT2D eigenvalue weighted by atomic mass is 16.6. The summed E-state index contributed by atoms with van der Waals surface area (Å²) in [6.45, 7) is 12.5. The molecule has 0 heterocycles. The lowest BCUT2D eigenvalue weighted by Gasteiger charge is -2.22. The molecule has 0 aromatic heterocycles. The van der Waals surface area contributed by atoms with Crippen LogP contribution in [0.3, 0.4) is 0 Å². The van der Waals surface area contributed by atoms with E-state index in [1.807, 2.05) is 20.8 Å². The number of esters is 1. The minimum Gasteiger partial charge on any atom is -0.460 e. The Labute approximate surface area is 87.2 Å². The highest BCUT2D eigenvalue weighted by Crippen LogP contribution is 2.08. The number of carbonyl (C=O) groups is 1. The average Bonchev–Trinajstić information content (AvgIpc) is 1.78. The van der Waals surface area contributed by atoms with Crippen molar-refractivity contribution in [3.8, 4) is 0 Å². The van der Waals surface area contributed by atoms with E-state index in [9.17, 15) is 4.79 Å². The first kappa shape index (κ1) is 13.4. The molecule has 0 aromatic carbocycles. The molecule has 0 saturated heterocycles. The maximum atomic E-state index is 11.3. The fraction of sp³-hybridized carbons (Fsp3) is 0.909. The van der Waals surface area contributed by atoms with Crippen LogP contribution in [0.15, 0.2) is 0 Å². The molecule has 0 amide bonds. The fourth-order valence-corrected chi connectivity index (χ4v) is 0.932. The van der Waals surface area contributed by atoms with Crippen molar-refractivity contribution in [2.24, 2.45) is 0 Å². The number of nitrogens with one attached hydrogen (secondary N) is 1. The van der Waals surface area contributed by atoms with E-state index in [1.54, 1.807) is 0 Å². The summed E-state index contributed by atoms with van der Waals surface area (Å²) in [6, 6.07) is 0. The van der Waals surface area contributed by atoms with Gasteiger partial charge in [-0.2, -0.15) is 0 Å². The Hall–Kier alpha value is -0.570. The molecular weight excluding hydrogens is 178 g/mol. The van der Waals surface area contributed by atoms with Crippen LogP contribution in [-0.2, 0) is 9.53 Å². The van der Waals surface area contributed by atoms with E-state index in [4.69, 9.17) is 4.74 Å². The monoisotopic (exact) mass is 201 g/mol. The summed E-state index contributed by atoms with van der Waals surface area (Å²) in [5.41, 5.74) is -0.319. The third-order valence-corrected chi connectivity index (χ3v) is 1.40. The first-order valence-corrected chi connectivity index (χ1v) is 5.07. The van der Waals surface area contributed by atoms with Crippen LogP contribution >= 0.6 is 0 Å². The summed E-state index contributed by atoms with van der Waals surface area (Å²) in [5.74, 6) is -0.144. The molecule has 0 unspecified atom stereocenters. The third kappa shape index (κ3) is 9.52. The van der Waals surface area contributed by atoms with Crippen molar-refractivity contribution in [1.82, 2.24) is 5.32 Å². The standard InChI is InChI=1S/C11H23NO2/c1-10(2,3)12-8-7-9(13)14-11(4,5)6/h12H,7-8H2,1-6H3. The molecule has 3 nitrogen and oxygen atoms in total. The van der Waals surface area contributed by atoms with Gasteiger partial charge in [0.05, 0.1) is 6.42 Å². The van der Waals surface area contributed by atoms with Crippen LogP contribution in [0.4, 0.5) is 0 Å². The molecule has 0 aromatic rings. The zero-order valence-corrected chi connectivity index (χ0v) is 10.2. The van der Waals surface area contributed by atoms with Gasteiger partial charge >= 0.3 is 5.97 Å². The van der Waals surface area contributed by atoms with Crippen molar-refractivity contribution in [2.75, 3.05) is 6.54 Å². The van der Waals surface area contributed by atoms with Crippen LogP contribution in [0.2, 0.25) is 0 Å². The minimum absolute atomic E-state index is 0.0576. The second-order valence-electron chi connectivity index (χ2n) is 5.51. The molecule has 0 aliphatic heterocycles. The van der Waals surface area contributed by atoms with Gasteiger partial charge in [-0.05, 0) is 41.5 Å². The second kappa shape index (κ2) is 4.78. The van der Waals surface area contributed by atoms with E-state index in [0.717, 1.165) is 0 Å². The lowest BCUT2D eigenvalue weighted by Crippen LogP contribution is -2.37. The smallest absolute Gasteiger partial charge is 0.307 e. The van der Waals surface area contributed by atoms with Gasteiger partial charge in [0.15, 0.2) is 0 Å². The molecule has 3 heteroatoms. The van der Waals surface area contributed by atoms with Crippen LogP contribution in [0.1, 0.15) is 48.0 Å². The number of carbonyl (C=O) groups excluding carboxylic acids is 1. The first-order valence-electron chi connectivity index (χ1n) is 5.07. The molecule has 84 valence electrons. The number of rotatable bonds is 3. The third-order valence-electron chi connectivity index (χ3n) is 1.40. The van der Waals surface area contributed by atoms with Crippen molar-refractivity contribution in [1.29, 1.82) is 0 Å². The Bertz CT molecular complexity index is 186. The Morgan fingerprint density at radius 3 is 2.00 bits per heavy atom. The van der Waals surface area contributed by atoms with Crippen molar-refractivity contribution >= 4 is 5.97 Å². The maximum Gasteiger partial charge on any atom is 0.307 e. The van der Waals surface area contributed by atoms with Gasteiger partial charge in [-0.1, -0.05) is 0 Å². The summed E-state index contributed by atoms with van der Waals surface area (Å²) in [7, 11) is 0. The van der Waals surface area contributed by atoms with Crippen molar-refractivity contribution in [2.45, 2.75) is 59.1 Å². The highest BCUT2D eigenvalue weighted by Gasteiger charge is 2.16. The summed E-state index contributed by atoms with van der Waals surface area (Å²) in [5, 5.41) is 3.24. The van der Waals surface area contributed by atoms with Crippen LogP contribution in [0.25, 0.3) is 0 Å². The number of hydrogen-bond acceptors (Lipinski definition) is 3. The molecule has 1 N–H and O–H groups in total. The minimum atomic E-state index is -0.376. The van der Waals surface area contributed by atoms with E-state index in [2.05, 4.69) is 26.1 Å². The largest absolute Gasteiger partial charge is 0.460 e. The summed E-state index contributed by atoms with van der Waals surface area (Å²) < 4.78 is 5.17. The van der Waals surface area contributed by atoms with Crippen molar-refractivity contribution in [3.05, 3.63) is 0 Å². The van der Waals surface area contributed by atoms with Crippen LogP contribution in [-0.4, -0.2) is 23.7 Å². The predicted octanol–water partition coefficient (Wildman–Crippen LogP) is 2.11. The molecule has 0 rings (SSSR count). The molecule has 0 aliphatic carbocycles. The van der Waals surface area contributed by atoms with Gasteiger partial charge in [0, 0.05) is 12.1 Å². The van der Waals surface area contributed by atoms with E-state index in [1.165, 1.54) is 0 Å².